The summed E-state index contributed by atoms with van der Waals surface area (Å²) in [7, 11) is -1.54. The average molecular weight is 393 g/mol. The van der Waals surface area contributed by atoms with Crippen LogP contribution in [0.25, 0.3) is 10.9 Å². The van der Waals surface area contributed by atoms with Crippen molar-refractivity contribution in [2.24, 2.45) is 7.05 Å². The summed E-state index contributed by atoms with van der Waals surface area (Å²) in [6.07, 6.45) is 1.99. The fourth-order valence-corrected chi connectivity index (χ4v) is 4.33. The van der Waals surface area contributed by atoms with Crippen LogP contribution in [-0.2, 0) is 23.6 Å². The van der Waals surface area contributed by atoms with E-state index in [0.29, 0.717) is 10.5 Å². The average Bonchev–Trinajstić information content (AvgIpc) is 2.86. The summed E-state index contributed by atoms with van der Waals surface area (Å²) in [5, 5.41) is 1.10. The lowest BCUT2D eigenvalue weighted by atomic mass is 10.1. The topological polar surface area (TPSA) is 51.1 Å². The standard InChI is InChI=1S/C17H17BrN2O2S/c1-12-9-15(18)4-6-17(12)23(21,22)19-11-13-3-5-16-14(10-13)7-8-20(16)2/h3-10,19H,11H2,1-2H3. The smallest absolute Gasteiger partial charge is 0.241 e. The lowest BCUT2D eigenvalue weighted by molar-refractivity contribution is 0.580. The van der Waals surface area contributed by atoms with Gasteiger partial charge in [-0.15, -0.1) is 0 Å². The molecule has 3 aromatic rings. The number of fused-ring (bicyclic) bond motifs is 1. The SMILES string of the molecule is Cc1cc(Br)ccc1S(=O)(=O)NCc1ccc2c(ccn2C)c1. The Kier molecular flexibility index (Phi) is 4.31. The first-order chi connectivity index (χ1) is 10.9. The fourth-order valence-electron chi connectivity index (χ4n) is 2.61. The maximum absolute atomic E-state index is 12.5. The molecule has 2 aromatic carbocycles. The van der Waals surface area contributed by atoms with E-state index in [2.05, 4.69) is 20.7 Å². The Morgan fingerprint density at radius 3 is 2.65 bits per heavy atom. The summed E-state index contributed by atoms with van der Waals surface area (Å²) in [6.45, 7) is 2.05. The summed E-state index contributed by atoms with van der Waals surface area (Å²) in [5.74, 6) is 0. The molecule has 0 bridgehead atoms. The molecule has 0 spiro atoms. The summed E-state index contributed by atoms with van der Waals surface area (Å²) in [4.78, 5) is 0.307. The van der Waals surface area contributed by atoms with E-state index in [0.717, 1.165) is 20.9 Å². The molecule has 0 radical (unpaired) electrons. The zero-order valence-corrected chi connectivity index (χ0v) is 15.3. The quantitative estimate of drug-likeness (QED) is 0.735. The van der Waals surface area contributed by atoms with Crippen molar-refractivity contribution in [3.63, 3.8) is 0 Å². The van der Waals surface area contributed by atoms with Crippen molar-refractivity contribution in [1.29, 1.82) is 0 Å². The van der Waals surface area contributed by atoms with Crippen LogP contribution < -0.4 is 4.72 Å². The summed E-state index contributed by atoms with van der Waals surface area (Å²) >= 11 is 3.35. The molecule has 0 unspecified atom stereocenters. The van der Waals surface area contributed by atoms with Gasteiger partial charge >= 0.3 is 0 Å². The third-order valence-corrected chi connectivity index (χ3v) is 5.90. The van der Waals surface area contributed by atoms with Gasteiger partial charge in [0.25, 0.3) is 0 Å². The number of nitrogens with zero attached hydrogens (tertiary/aromatic N) is 1. The maximum Gasteiger partial charge on any atom is 0.241 e. The van der Waals surface area contributed by atoms with E-state index in [1.54, 1.807) is 25.1 Å². The minimum Gasteiger partial charge on any atom is -0.351 e. The molecule has 0 atom stereocenters. The molecule has 120 valence electrons. The normalized spacial score (nSPS) is 12.0. The van der Waals surface area contributed by atoms with E-state index in [9.17, 15) is 8.42 Å². The van der Waals surface area contributed by atoms with Crippen molar-refractivity contribution >= 4 is 36.9 Å². The number of rotatable bonds is 4. The van der Waals surface area contributed by atoms with Crippen LogP contribution in [0.1, 0.15) is 11.1 Å². The highest BCUT2D eigenvalue weighted by atomic mass is 79.9. The predicted octanol–water partition coefficient (Wildman–Crippen LogP) is 3.73. The molecule has 0 aliphatic heterocycles. The van der Waals surface area contributed by atoms with Crippen molar-refractivity contribution in [2.45, 2.75) is 18.4 Å². The molecule has 0 aliphatic carbocycles. The van der Waals surface area contributed by atoms with Gasteiger partial charge in [0.2, 0.25) is 10.0 Å². The Hall–Kier alpha value is -1.63. The van der Waals surface area contributed by atoms with Gasteiger partial charge in [-0.3, -0.25) is 0 Å². The van der Waals surface area contributed by atoms with E-state index in [1.807, 2.05) is 42.1 Å². The molecule has 0 fully saturated rings. The Labute approximate surface area is 144 Å². The van der Waals surface area contributed by atoms with Gasteiger partial charge < -0.3 is 4.57 Å². The number of benzene rings is 2. The molecule has 0 aliphatic rings. The molecule has 0 saturated heterocycles. The van der Waals surface area contributed by atoms with E-state index >= 15 is 0 Å². The number of nitrogens with one attached hydrogen (secondary N) is 1. The first-order valence-corrected chi connectivity index (χ1v) is 9.44. The monoisotopic (exact) mass is 392 g/mol. The summed E-state index contributed by atoms with van der Waals surface area (Å²) in [5.41, 5.74) is 2.77. The zero-order chi connectivity index (χ0) is 16.6. The number of halogens is 1. The Balaban J connectivity index is 1.82. The van der Waals surface area contributed by atoms with E-state index in [1.165, 1.54) is 0 Å². The van der Waals surface area contributed by atoms with Gasteiger partial charge in [-0.1, -0.05) is 22.0 Å². The van der Waals surface area contributed by atoms with Crippen LogP contribution >= 0.6 is 15.9 Å². The summed E-state index contributed by atoms with van der Waals surface area (Å²) < 4.78 is 30.5. The largest absolute Gasteiger partial charge is 0.351 e. The molecule has 1 N–H and O–H groups in total. The van der Waals surface area contributed by atoms with Gasteiger partial charge in [0.1, 0.15) is 0 Å². The van der Waals surface area contributed by atoms with Crippen LogP contribution in [0.4, 0.5) is 0 Å². The number of sulfonamides is 1. The van der Waals surface area contributed by atoms with Crippen LogP contribution in [-0.4, -0.2) is 13.0 Å². The number of aryl methyl sites for hydroxylation is 2. The first-order valence-electron chi connectivity index (χ1n) is 7.16. The second-order valence-corrected chi connectivity index (χ2v) is 8.21. The molecule has 6 heteroatoms. The molecule has 1 heterocycles. The number of hydrogen-bond donors (Lipinski definition) is 1. The van der Waals surface area contributed by atoms with Gasteiger partial charge in [0.05, 0.1) is 4.90 Å². The number of aromatic nitrogens is 1. The van der Waals surface area contributed by atoms with Gasteiger partial charge in [0, 0.05) is 29.8 Å². The second kappa shape index (κ2) is 6.11. The Bertz CT molecular complexity index is 977. The lowest BCUT2D eigenvalue weighted by Crippen LogP contribution is -2.24. The van der Waals surface area contributed by atoms with Crippen LogP contribution in [0.2, 0.25) is 0 Å². The van der Waals surface area contributed by atoms with E-state index in [4.69, 9.17) is 0 Å². The van der Waals surface area contributed by atoms with Crippen molar-refractivity contribution in [1.82, 2.24) is 9.29 Å². The number of hydrogen-bond acceptors (Lipinski definition) is 2. The zero-order valence-electron chi connectivity index (χ0n) is 12.9. The molecular formula is C17H17BrN2O2S. The van der Waals surface area contributed by atoms with Gasteiger partial charge in [-0.2, -0.15) is 0 Å². The molecular weight excluding hydrogens is 376 g/mol. The third-order valence-electron chi connectivity index (χ3n) is 3.84. The third kappa shape index (κ3) is 3.34. The minimum absolute atomic E-state index is 0.267. The van der Waals surface area contributed by atoms with Gasteiger partial charge in [-0.05, 0) is 59.8 Å². The highest BCUT2D eigenvalue weighted by Gasteiger charge is 2.16. The Morgan fingerprint density at radius 2 is 1.91 bits per heavy atom. The van der Waals surface area contributed by atoms with Gasteiger partial charge in [0.15, 0.2) is 0 Å². The highest BCUT2D eigenvalue weighted by Crippen LogP contribution is 2.21. The molecule has 1 aromatic heterocycles. The minimum atomic E-state index is -3.53. The summed E-state index contributed by atoms with van der Waals surface area (Å²) in [6, 6.07) is 13.1. The van der Waals surface area contributed by atoms with Gasteiger partial charge in [-0.25, -0.2) is 13.1 Å². The van der Waals surface area contributed by atoms with E-state index < -0.39 is 10.0 Å². The molecule has 23 heavy (non-hydrogen) atoms. The Morgan fingerprint density at radius 1 is 1.13 bits per heavy atom. The van der Waals surface area contributed by atoms with Crippen molar-refractivity contribution in [3.8, 4) is 0 Å². The highest BCUT2D eigenvalue weighted by molar-refractivity contribution is 9.10. The fraction of sp³-hybridized carbons (Fsp3) is 0.176. The van der Waals surface area contributed by atoms with Crippen molar-refractivity contribution < 1.29 is 8.42 Å². The molecule has 0 saturated carbocycles. The predicted molar refractivity (Wildman–Crippen MR) is 95.8 cm³/mol. The van der Waals surface area contributed by atoms with Crippen LogP contribution in [0.3, 0.4) is 0 Å². The lowest BCUT2D eigenvalue weighted by Gasteiger charge is -2.10. The molecule has 0 amide bonds. The van der Waals surface area contributed by atoms with Crippen LogP contribution in [0.5, 0.6) is 0 Å². The van der Waals surface area contributed by atoms with Crippen molar-refractivity contribution in [3.05, 3.63) is 64.3 Å². The first kappa shape index (κ1) is 16.2. The van der Waals surface area contributed by atoms with Crippen molar-refractivity contribution in [2.75, 3.05) is 0 Å². The van der Waals surface area contributed by atoms with Crippen LogP contribution in [0.15, 0.2) is 58.0 Å². The molecule has 3 rings (SSSR count). The van der Waals surface area contributed by atoms with Crippen LogP contribution in [0, 0.1) is 6.92 Å². The second-order valence-electron chi connectivity index (χ2n) is 5.55. The molecule has 4 nitrogen and oxygen atoms in total. The van der Waals surface area contributed by atoms with E-state index in [-0.39, 0.29) is 6.54 Å². The maximum atomic E-state index is 12.5.